The zero-order valence-corrected chi connectivity index (χ0v) is 5.48. The van der Waals surface area contributed by atoms with E-state index in [1.807, 2.05) is 7.05 Å². The second kappa shape index (κ2) is 2.46. The van der Waals surface area contributed by atoms with Crippen molar-refractivity contribution in [3.63, 3.8) is 0 Å². The third kappa shape index (κ3) is 0.858. The molecule has 0 radical (unpaired) electrons. The van der Waals surface area contributed by atoms with Crippen LogP contribution in [0.3, 0.4) is 0 Å². The fourth-order valence-corrected chi connectivity index (χ4v) is 1.08. The predicted octanol–water partition coefficient (Wildman–Crippen LogP) is 0.383. The van der Waals surface area contributed by atoms with Crippen LogP contribution in [0.25, 0.3) is 0 Å². The van der Waals surface area contributed by atoms with Crippen LogP contribution in [0.2, 0.25) is 0 Å². The zero-order chi connectivity index (χ0) is 5.98. The van der Waals surface area contributed by atoms with Crippen molar-refractivity contribution in [1.29, 1.82) is 0 Å². The summed E-state index contributed by atoms with van der Waals surface area (Å²) in [5.74, 6) is 0. The van der Waals surface area contributed by atoms with Gasteiger partial charge < -0.3 is 10.1 Å². The van der Waals surface area contributed by atoms with Crippen LogP contribution in [-0.4, -0.2) is 26.3 Å². The van der Waals surface area contributed by atoms with Crippen molar-refractivity contribution in [3.05, 3.63) is 0 Å². The van der Waals surface area contributed by atoms with E-state index in [9.17, 15) is 0 Å². The molecule has 0 aromatic heterocycles. The molecule has 1 saturated carbocycles. The Labute approximate surface area is 50.2 Å². The van der Waals surface area contributed by atoms with E-state index in [1.165, 1.54) is 12.8 Å². The van der Waals surface area contributed by atoms with Crippen LogP contribution in [-0.2, 0) is 4.74 Å². The largest absolute Gasteiger partial charge is 0.380 e. The van der Waals surface area contributed by atoms with Gasteiger partial charge in [-0.25, -0.2) is 0 Å². The van der Waals surface area contributed by atoms with Gasteiger partial charge in [0, 0.05) is 13.2 Å². The van der Waals surface area contributed by atoms with E-state index < -0.39 is 0 Å². The van der Waals surface area contributed by atoms with Crippen molar-refractivity contribution in [2.45, 2.75) is 25.0 Å². The van der Waals surface area contributed by atoms with Gasteiger partial charge in [-0.2, -0.15) is 0 Å². The Bertz CT molecular complexity index is 60.9. The molecule has 2 heteroatoms. The summed E-state index contributed by atoms with van der Waals surface area (Å²) >= 11 is 0. The van der Waals surface area contributed by atoms with Crippen molar-refractivity contribution >= 4 is 0 Å². The molecule has 1 aliphatic carbocycles. The first-order valence-electron chi connectivity index (χ1n) is 3.08. The molecule has 1 fully saturated rings. The van der Waals surface area contributed by atoms with Crippen molar-refractivity contribution in [2.24, 2.45) is 0 Å². The molecule has 0 heterocycles. The van der Waals surface area contributed by atoms with Gasteiger partial charge >= 0.3 is 0 Å². The molecule has 48 valence electrons. The lowest BCUT2D eigenvalue weighted by atomic mass is 9.89. The van der Waals surface area contributed by atoms with Crippen molar-refractivity contribution in [1.82, 2.24) is 5.32 Å². The van der Waals surface area contributed by atoms with Crippen LogP contribution < -0.4 is 5.32 Å². The minimum absolute atomic E-state index is 0.486. The summed E-state index contributed by atoms with van der Waals surface area (Å²) in [5.41, 5.74) is 0. The van der Waals surface area contributed by atoms with E-state index in [4.69, 9.17) is 4.74 Å². The Hall–Kier alpha value is -0.0800. The maximum Gasteiger partial charge on any atom is 0.0724 e. The fraction of sp³-hybridized carbons (Fsp3) is 1.00. The number of hydrogen-bond donors (Lipinski definition) is 1. The highest BCUT2D eigenvalue weighted by Crippen LogP contribution is 2.21. The monoisotopic (exact) mass is 115 g/mol. The average molecular weight is 115 g/mol. The summed E-state index contributed by atoms with van der Waals surface area (Å²) < 4.78 is 5.13. The number of hydrogen-bond acceptors (Lipinski definition) is 2. The Morgan fingerprint density at radius 1 is 1.50 bits per heavy atom. The number of ether oxygens (including phenoxy) is 1. The summed E-state index contributed by atoms with van der Waals surface area (Å²) in [6.45, 7) is 0. The molecule has 0 aromatic rings. The molecule has 0 saturated heterocycles. The highest BCUT2D eigenvalue weighted by atomic mass is 16.5. The second-order valence-corrected chi connectivity index (χ2v) is 2.25. The topological polar surface area (TPSA) is 21.3 Å². The summed E-state index contributed by atoms with van der Waals surface area (Å²) in [6.07, 6.45) is 2.98. The molecule has 1 rings (SSSR count). The molecule has 0 aliphatic heterocycles. The zero-order valence-electron chi connectivity index (χ0n) is 5.48. The maximum atomic E-state index is 5.13. The van der Waals surface area contributed by atoms with Gasteiger partial charge in [-0.05, 0) is 19.9 Å². The van der Waals surface area contributed by atoms with Crippen molar-refractivity contribution in [2.75, 3.05) is 14.2 Å². The van der Waals surface area contributed by atoms with Crippen molar-refractivity contribution in [3.8, 4) is 0 Å². The lowest BCUT2D eigenvalue weighted by molar-refractivity contribution is 0.00957. The van der Waals surface area contributed by atoms with Crippen LogP contribution in [0.15, 0.2) is 0 Å². The Morgan fingerprint density at radius 2 is 2.25 bits per heavy atom. The number of nitrogens with one attached hydrogen (secondary N) is 1. The van der Waals surface area contributed by atoms with Gasteiger partial charge in [-0.3, -0.25) is 0 Å². The van der Waals surface area contributed by atoms with Gasteiger partial charge in [-0.1, -0.05) is 0 Å². The molecule has 0 bridgehead atoms. The first kappa shape index (κ1) is 6.05. The van der Waals surface area contributed by atoms with Gasteiger partial charge in [0.25, 0.3) is 0 Å². The molecule has 2 nitrogen and oxygen atoms in total. The third-order valence-corrected chi connectivity index (χ3v) is 1.88. The van der Waals surface area contributed by atoms with Crippen LogP contribution in [0.5, 0.6) is 0 Å². The molecular formula is C6H13NO. The summed E-state index contributed by atoms with van der Waals surface area (Å²) in [7, 11) is 3.75. The average Bonchev–Trinajstić information content (AvgIpc) is 1.66. The molecular weight excluding hydrogens is 102 g/mol. The first-order valence-corrected chi connectivity index (χ1v) is 3.08. The standard InChI is InChI=1S/C6H13NO/c1-7-5-3-4-6(5)8-2/h5-7H,3-4H2,1-2H3/t5-,6-/m0/s1. The molecule has 0 amide bonds. The smallest absolute Gasteiger partial charge is 0.0724 e. The van der Waals surface area contributed by atoms with E-state index in [1.54, 1.807) is 7.11 Å². The van der Waals surface area contributed by atoms with Crippen molar-refractivity contribution < 1.29 is 4.74 Å². The normalized spacial score (nSPS) is 36.8. The predicted molar refractivity (Wildman–Crippen MR) is 32.9 cm³/mol. The van der Waals surface area contributed by atoms with Gasteiger partial charge in [0.1, 0.15) is 0 Å². The van der Waals surface area contributed by atoms with Crippen LogP contribution in [0.1, 0.15) is 12.8 Å². The molecule has 1 aliphatic rings. The third-order valence-electron chi connectivity index (χ3n) is 1.88. The maximum absolute atomic E-state index is 5.13. The van der Waals surface area contributed by atoms with E-state index in [2.05, 4.69) is 5.32 Å². The van der Waals surface area contributed by atoms with Gasteiger partial charge in [-0.15, -0.1) is 0 Å². The fourth-order valence-electron chi connectivity index (χ4n) is 1.08. The van der Waals surface area contributed by atoms with E-state index in [-0.39, 0.29) is 0 Å². The Kier molecular flexibility index (Phi) is 1.86. The van der Waals surface area contributed by atoms with E-state index >= 15 is 0 Å². The highest BCUT2D eigenvalue weighted by Gasteiger charge is 2.28. The molecule has 1 N–H and O–H groups in total. The molecule has 0 unspecified atom stereocenters. The summed E-state index contributed by atoms with van der Waals surface area (Å²) in [6, 6.07) is 0.625. The Balaban J connectivity index is 2.16. The van der Waals surface area contributed by atoms with E-state index in [0.29, 0.717) is 12.1 Å². The first-order chi connectivity index (χ1) is 3.88. The number of likely N-dealkylation sites (N-methyl/N-ethyl adjacent to an activating group) is 1. The number of methoxy groups -OCH3 is 1. The van der Waals surface area contributed by atoms with Gasteiger partial charge in [0.2, 0.25) is 0 Å². The molecule has 2 atom stereocenters. The summed E-state index contributed by atoms with van der Waals surface area (Å²) in [4.78, 5) is 0. The summed E-state index contributed by atoms with van der Waals surface area (Å²) in [5, 5.41) is 3.18. The quantitative estimate of drug-likeness (QED) is 0.562. The molecule has 0 aromatic carbocycles. The highest BCUT2D eigenvalue weighted by molar-refractivity contribution is 4.86. The van der Waals surface area contributed by atoms with Crippen LogP contribution >= 0.6 is 0 Å². The lowest BCUT2D eigenvalue weighted by Crippen LogP contribution is -2.47. The van der Waals surface area contributed by atoms with E-state index in [0.717, 1.165) is 0 Å². The molecule has 0 spiro atoms. The van der Waals surface area contributed by atoms with Gasteiger partial charge in [0.15, 0.2) is 0 Å². The minimum Gasteiger partial charge on any atom is -0.380 e. The number of rotatable bonds is 2. The van der Waals surface area contributed by atoms with Crippen LogP contribution in [0.4, 0.5) is 0 Å². The minimum atomic E-state index is 0.486. The SMILES string of the molecule is CN[C@H]1CC[C@@H]1OC. The molecule has 8 heavy (non-hydrogen) atoms. The second-order valence-electron chi connectivity index (χ2n) is 2.25. The Morgan fingerprint density at radius 3 is 2.38 bits per heavy atom. The van der Waals surface area contributed by atoms with Crippen LogP contribution in [0, 0.1) is 0 Å². The lowest BCUT2D eigenvalue weighted by Gasteiger charge is -2.34. The van der Waals surface area contributed by atoms with Gasteiger partial charge in [0.05, 0.1) is 6.10 Å².